The van der Waals surface area contributed by atoms with Crippen molar-refractivity contribution in [3.63, 3.8) is 0 Å². The Bertz CT molecular complexity index is 427. The fourth-order valence-electron chi connectivity index (χ4n) is 1.63. The third kappa shape index (κ3) is 9.05. The highest BCUT2D eigenvalue weighted by Gasteiger charge is 2.29. The molecule has 0 saturated heterocycles. The molecule has 0 aliphatic rings. The maximum atomic E-state index is 12.2. The Kier molecular flexibility index (Phi) is 8.06. The van der Waals surface area contributed by atoms with Crippen molar-refractivity contribution in [1.29, 1.82) is 0 Å². The van der Waals surface area contributed by atoms with Crippen LogP contribution in [0.25, 0.3) is 0 Å². The van der Waals surface area contributed by atoms with Crippen molar-refractivity contribution in [1.82, 2.24) is 10.6 Å². The number of hydrogen-bond acceptors (Lipinski definition) is 5. The molecule has 0 bridgehead atoms. The molecule has 0 radical (unpaired) electrons. The molecule has 23 heavy (non-hydrogen) atoms. The molecule has 7 heteroatoms. The van der Waals surface area contributed by atoms with Gasteiger partial charge in [0.05, 0.1) is 6.10 Å². The van der Waals surface area contributed by atoms with Crippen LogP contribution in [0.3, 0.4) is 0 Å². The Morgan fingerprint density at radius 2 is 1.43 bits per heavy atom. The van der Waals surface area contributed by atoms with Crippen molar-refractivity contribution in [2.45, 2.75) is 79.2 Å². The van der Waals surface area contributed by atoms with E-state index >= 15 is 0 Å². The van der Waals surface area contributed by atoms with Crippen molar-refractivity contribution in [2.75, 3.05) is 0 Å². The monoisotopic (exact) mass is 330 g/mol. The zero-order chi connectivity index (χ0) is 18.4. The van der Waals surface area contributed by atoms with Gasteiger partial charge in [0.15, 0.2) is 0 Å². The largest absolute Gasteiger partial charge is 0.461 e. The third-order valence-electron chi connectivity index (χ3n) is 2.70. The second-order valence-electron chi connectivity index (χ2n) is 7.08. The number of rotatable bonds is 6. The minimum Gasteiger partial charge on any atom is -0.461 e. The molecule has 0 aromatic heterocycles. The SMILES string of the molecule is CC(C)OC(=O)[C@H](NC(=O)[C@H](C)NC(=O)OC(C)(C)C)C(C)C. The van der Waals surface area contributed by atoms with E-state index < -0.39 is 35.7 Å². The average molecular weight is 330 g/mol. The highest BCUT2D eigenvalue weighted by Crippen LogP contribution is 2.08. The summed E-state index contributed by atoms with van der Waals surface area (Å²) in [5.41, 5.74) is -0.651. The number of hydrogen-bond donors (Lipinski definition) is 2. The van der Waals surface area contributed by atoms with Gasteiger partial charge in [-0.15, -0.1) is 0 Å². The maximum Gasteiger partial charge on any atom is 0.408 e. The van der Waals surface area contributed by atoms with Crippen LogP contribution in [-0.4, -0.2) is 41.8 Å². The normalized spacial score (nSPS) is 14.2. The van der Waals surface area contributed by atoms with Gasteiger partial charge in [0.1, 0.15) is 17.7 Å². The van der Waals surface area contributed by atoms with Crippen LogP contribution in [0, 0.1) is 5.92 Å². The van der Waals surface area contributed by atoms with Crippen molar-refractivity contribution in [3.8, 4) is 0 Å². The minimum absolute atomic E-state index is 0.140. The number of nitrogens with one attached hydrogen (secondary N) is 2. The molecule has 7 nitrogen and oxygen atoms in total. The van der Waals surface area contributed by atoms with Crippen LogP contribution in [0.1, 0.15) is 55.4 Å². The van der Waals surface area contributed by atoms with Gasteiger partial charge >= 0.3 is 12.1 Å². The van der Waals surface area contributed by atoms with Crippen LogP contribution in [0.4, 0.5) is 4.79 Å². The third-order valence-corrected chi connectivity index (χ3v) is 2.70. The topological polar surface area (TPSA) is 93.7 Å². The van der Waals surface area contributed by atoms with E-state index in [1.165, 1.54) is 6.92 Å². The van der Waals surface area contributed by atoms with E-state index in [2.05, 4.69) is 10.6 Å². The summed E-state index contributed by atoms with van der Waals surface area (Å²) < 4.78 is 10.2. The number of carbonyl (C=O) groups is 3. The van der Waals surface area contributed by atoms with Crippen LogP contribution in [0.2, 0.25) is 0 Å². The van der Waals surface area contributed by atoms with Crippen LogP contribution < -0.4 is 10.6 Å². The minimum atomic E-state index is -0.835. The highest BCUT2D eigenvalue weighted by molar-refractivity contribution is 5.89. The number of carbonyl (C=O) groups excluding carboxylic acids is 3. The van der Waals surface area contributed by atoms with Gasteiger partial charge in [-0.3, -0.25) is 4.79 Å². The smallest absolute Gasteiger partial charge is 0.408 e. The number of amides is 2. The lowest BCUT2D eigenvalue weighted by molar-refractivity contribution is -0.152. The van der Waals surface area contributed by atoms with Crippen molar-refractivity contribution < 1.29 is 23.9 Å². The summed E-state index contributed by atoms with van der Waals surface area (Å²) in [5.74, 6) is -1.11. The molecular weight excluding hydrogens is 300 g/mol. The maximum absolute atomic E-state index is 12.2. The molecule has 0 rings (SSSR count). The second kappa shape index (κ2) is 8.74. The first-order valence-electron chi connectivity index (χ1n) is 7.84. The van der Waals surface area contributed by atoms with Gasteiger partial charge in [-0.1, -0.05) is 13.8 Å². The zero-order valence-corrected chi connectivity index (χ0v) is 15.4. The van der Waals surface area contributed by atoms with Crippen LogP contribution in [-0.2, 0) is 19.1 Å². The summed E-state index contributed by atoms with van der Waals surface area (Å²) >= 11 is 0. The van der Waals surface area contributed by atoms with Crippen LogP contribution in [0.5, 0.6) is 0 Å². The Morgan fingerprint density at radius 1 is 0.913 bits per heavy atom. The standard InChI is InChI=1S/C16H30N2O5/c1-9(2)12(14(20)22-10(3)4)18-13(19)11(5)17-15(21)23-16(6,7)8/h9-12H,1-8H3,(H,17,21)(H,18,19)/t11-,12+/m0/s1. The van der Waals surface area contributed by atoms with Crippen molar-refractivity contribution in [3.05, 3.63) is 0 Å². The lowest BCUT2D eigenvalue weighted by Crippen LogP contribution is -2.53. The van der Waals surface area contributed by atoms with E-state index in [4.69, 9.17) is 9.47 Å². The Labute approximate surface area is 138 Å². The molecule has 134 valence electrons. The first-order valence-corrected chi connectivity index (χ1v) is 7.84. The number of esters is 1. The molecule has 0 saturated carbocycles. The predicted octanol–water partition coefficient (Wildman–Crippen LogP) is 1.99. The zero-order valence-electron chi connectivity index (χ0n) is 15.4. The van der Waals surface area contributed by atoms with Gasteiger partial charge in [0.25, 0.3) is 0 Å². The van der Waals surface area contributed by atoms with Gasteiger partial charge in [-0.25, -0.2) is 9.59 Å². The second-order valence-corrected chi connectivity index (χ2v) is 7.08. The summed E-state index contributed by atoms with van der Waals surface area (Å²) in [7, 11) is 0. The van der Waals surface area contributed by atoms with E-state index in [0.29, 0.717) is 0 Å². The summed E-state index contributed by atoms with van der Waals surface area (Å²) in [4.78, 5) is 35.8. The molecule has 0 aromatic carbocycles. The van der Waals surface area contributed by atoms with E-state index in [1.807, 2.05) is 0 Å². The highest BCUT2D eigenvalue weighted by atomic mass is 16.6. The molecular formula is C16H30N2O5. The first-order chi connectivity index (χ1) is 10.3. The fourth-order valence-corrected chi connectivity index (χ4v) is 1.63. The lowest BCUT2D eigenvalue weighted by atomic mass is 10.0. The predicted molar refractivity (Wildman–Crippen MR) is 86.8 cm³/mol. The molecule has 0 aliphatic carbocycles. The van der Waals surface area contributed by atoms with Gasteiger partial charge in [-0.2, -0.15) is 0 Å². The molecule has 0 aromatic rings. The summed E-state index contributed by atoms with van der Waals surface area (Å²) in [5, 5.41) is 5.04. The Balaban J connectivity index is 4.68. The van der Waals surface area contributed by atoms with Crippen molar-refractivity contribution in [2.24, 2.45) is 5.92 Å². The Morgan fingerprint density at radius 3 is 1.83 bits per heavy atom. The molecule has 0 aliphatic heterocycles. The molecule has 0 fully saturated rings. The molecule has 2 atom stereocenters. The van der Waals surface area contributed by atoms with E-state index in [1.54, 1.807) is 48.5 Å². The summed E-state index contributed by atoms with van der Waals surface area (Å²) in [6, 6.07) is -1.61. The van der Waals surface area contributed by atoms with Crippen molar-refractivity contribution >= 4 is 18.0 Å². The van der Waals surface area contributed by atoms with Crippen LogP contribution >= 0.6 is 0 Å². The van der Waals surface area contributed by atoms with E-state index in [9.17, 15) is 14.4 Å². The van der Waals surface area contributed by atoms with E-state index in [-0.39, 0.29) is 12.0 Å². The number of alkyl carbamates (subject to hydrolysis) is 1. The molecule has 0 spiro atoms. The molecule has 0 unspecified atom stereocenters. The Hall–Kier alpha value is -1.79. The fraction of sp³-hybridized carbons (Fsp3) is 0.812. The first kappa shape index (κ1) is 21.2. The summed E-state index contributed by atoms with van der Waals surface area (Å²) in [6.45, 7) is 13.8. The summed E-state index contributed by atoms with van der Waals surface area (Å²) in [6.07, 6.45) is -0.955. The van der Waals surface area contributed by atoms with E-state index in [0.717, 1.165) is 0 Å². The average Bonchev–Trinajstić information content (AvgIpc) is 2.31. The molecule has 2 N–H and O–H groups in total. The van der Waals surface area contributed by atoms with Gasteiger partial charge in [-0.05, 0) is 47.5 Å². The lowest BCUT2D eigenvalue weighted by Gasteiger charge is -2.25. The quantitative estimate of drug-likeness (QED) is 0.726. The molecule has 0 heterocycles. The van der Waals surface area contributed by atoms with Gasteiger partial charge < -0.3 is 20.1 Å². The van der Waals surface area contributed by atoms with Crippen LogP contribution in [0.15, 0.2) is 0 Å². The van der Waals surface area contributed by atoms with Gasteiger partial charge in [0.2, 0.25) is 5.91 Å². The van der Waals surface area contributed by atoms with Gasteiger partial charge in [0, 0.05) is 0 Å². The molecule has 2 amide bonds. The number of ether oxygens (including phenoxy) is 2.